The van der Waals surface area contributed by atoms with Crippen LogP contribution in [0.4, 0.5) is 17.3 Å². The Balaban J connectivity index is 1.39. The molecule has 2 aliphatic rings. The zero-order valence-corrected chi connectivity index (χ0v) is 14.3. The second kappa shape index (κ2) is 7.09. The van der Waals surface area contributed by atoms with Gasteiger partial charge in [-0.3, -0.25) is 4.79 Å². The van der Waals surface area contributed by atoms with Crippen LogP contribution in [0.25, 0.3) is 0 Å². The summed E-state index contributed by atoms with van der Waals surface area (Å²) in [4.78, 5) is 25.7. The third kappa shape index (κ3) is 3.57. The first-order valence-electron chi connectivity index (χ1n) is 9.03. The number of nitrogens with one attached hydrogen (secondary N) is 1. The van der Waals surface area contributed by atoms with E-state index < -0.39 is 0 Å². The normalized spacial score (nSPS) is 17.1. The molecule has 2 fully saturated rings. The van der Waals surface area contributed by atoms with Gasteiger partial charge in [0.25, 0.3) is 5.91 Å². The number of carbonyl (C=O) groups is 1. The monoisotopic (exact) mass is 337 g/mol. The van der Waals surface area contributed by atoms with Crippen molar-refractivity contribution in [1.29, 1.82) is 0 Å². The van der Waals surface area contributed by atoms with Gasteiger partial charge >= 0.3 is 0 Å². The van der Waals surface area contributed by atoms with E-state index in [1.807, 2.05) is 30.5 Å². The number of rotatable bonds is 4. The number of aromatic nitrogens is 2. The molecular weight excluding hydrogens is 314 g/mol. The Morgan fingerprint density at radius 1 is 0.840 bits per heavy atom. The van der Waals surface area contributed by atoms with Crippen molar-refractivity contribution in [3.05, 3.63) is 42.2 Å². The van der Waals surface area contributed by atoms with Gasteiger partial charge in [-0.25, -0.2) is 9.97 Å². The molecule has 0 radical (unpaired) electrons. The fourth-order valence-corrected chi connectivity index (χ4v) is 3.46. The van der Waals surface area contributed by atoms with Crippen LogP contribution < -0.4 is 15.1 Å². The quantitative estimate of drug-likeness (QED) is 0.929. The summed E-state index contributed by atoms with van der Waals surface area (Å²) in [6.07, 6.45) is 8.36. The molecule has 0 spiro atoms. The van der Waals surface area contributed by atoms with Crippen LogP contribution in [-0.2, 0) is 0 Å². The molecule has 0 saturated carbocycles. The van der Waals surface area contributed by atoms with Gasteiger partial charge in [-0.2, -0.15) is 0 Å². The van der Waals surface area contributed by atoms with Crippen molar-refractivity contribution in [2.24, 2.45) is 0 Å². The van der Waals surface area contributed by atoms with Crippen LogP contribution in [0.1, 0.15) is 36.0 Å². The first kappa shape index (κ1) is 15.9. The number of amides is 1. The molecule has 0 unspecified atom stereocenters. The van der Waals surface area contributed by atoms with Gasteiger partial charge in [0.2, 0.25) is 0 Å². The Bertz CT molecular complexity index is 716. The zero-order valence-electron chi connectivity index (χ0n) is 14.3. The molecule has 0 aliphatic carbocycles. The van der Waals surface area contributed by atoms with E-state index in [0.717, 1.165) is 37.7 Å². The molecule has 1 amide bonds. The highest BCUT2D eigenvalue weighted by Gasteiger charge is 2.15. The predicted octanol–water partition coefficient (Wildman–Crippen LogP) is 2.93. The molecule has 2 aromatic heterocycles. The van der Waals surface area contributed by atoms with Gasteiger partial charge in [-0.1, -0.05) is 0 Å². The Labute approximate surface area is 147 Å². The number of anilines is 3. The van der Waals surface area contributed by atoms with Gasteiger partial charge in [0.05, 0.1) is 17.4 Å². The summed E-state index contributed by atoms with van der Waals surface area (Å²) < 4.78 is 0. The lowest BCUT2D eigenvalue weighted by Gasteiger charge is -2.17. The Hall–Kier alpha value is -2.63. The van der Waals surface area contributed by atoms with Gasteiger partial charge in [-0.15, -0.1) is 0 Å². The van der Waals surface area contributed by atoms with Gasteiger partial charge < -0.3 is 15.1 Å². The van der Waals surface area contributed by atoms with Gasteiger partial charge in [-0.05, 0) is 49.9 Å². The van der Waals surface area contributed by atoms with Crippen molar-refractivity contribution in [3.8, 4) is 0 Å². The summed E-state index contributed by atoms with van der Waals surface area (Å²) in [5, 5.41) is 2.84. The molecule has 6 heteroatoms. The lowest BCUT2D eigenvalue weighted by Crippen LogP contribution is -2.20. The number of carbonyl (C=O) groups excluding carboxylic acids is 1. The molecule has 1 N–H and O–H groups in total. The van der Waals surface area contributed by atoms with Crippen LogP contribution in [0.2, 0.25) is 0 Å². The summed E-state index contributed by atoms with van der Waals surface area (Å²) in [5.41, 5.74) is 1.67. The van der Waals surface area contributed by atoms with Crippen LogP contribution in [0, 0.1) is 0 Å². The molecule has 2 aliphatic heterocycles. The van der Waals surface area contributed by atoms with Gasteiger partial charge in [0, 0.05) is 32.4 Å². The summed E-state index contributed by atoms with van der Waals surface area (Å²) in [6, 6.07) is 7.62. The van der Waals surface area contributed by atoms with Crippen LogP contribution in [0.3, 0.4) is 0 Å². The van der Waals surface area contributed by atoms with E-state index in [9.17, 15) is 4.79 Å². The second-order valence-electron chi connectivity index (χ2n) is 6.65. The minimum absolute atomic E-state index is 0.179. The summed E-state index contributed by atoms with van der Waals surface area (Å²) in [6.45, 7) is 4.27. The van der Waals surface area contributed by atoms with Gasteiger partial charge in [0.1, 0.15) is 11.6 Å². The summed E-state index contributed by atoms with van der Waals surface area (Å²) in [5.74, 6) is 1.33. The lowest BCUT2D eigenvalue weighted by atomic mass is 10.2. The molecule has 4 heterocycles. The third-order valence-corrected chi connectivity index (χ3v) is 4.90. The number of pyridine rings is 2. The highest BCUT2D eigenvalue weighted by Crippen LogP contribution is 2.21. The van der Waals surface area contributed by atoms with E-state index in [4.69, 9.17) is 0 Å². The number of nitrogens with zero attached hydrogens (tertiary/aromatic N) is 4. The second-order valence-corrected chi connectivity index (χ2v) is 6.65. The van der Waals surface area contributed by atoms with Crippen molar-refractivity contribution in [2.75, 3.05) is 41.3 Å². The fourth-order valence-electron chi connectivity index (χ4n) is 3.46. The molecule has 2 saturated heterocycles. The topological polar surface area (TPSA) is 61.4 Å². The van der Waals surface area contributed by atoms with E-state index in [2.05, 4.69) is 25.1 Å². The van der Waals surface area contributed by atoms with E-state index in [-0.39, 0.29) is 5.91 Å². The fraction of sp³-hybridized carbons (Fsp3) is 0.421. The highest BCUT2D eigenvalue weighted by atomic mass is 16.1. The SMILES string of the molecule is O=C(Nc1ccc(N2CCCC2)cn1)c1ccc(N2CCCC2)nc1. The largest absolute Gasteiger partial charge is 0.370 e. The minimum Gasteiger partial charge on any atom is -0.370 e. The average molecular weight is 337 g/mol. The van der Waals surface area contributed by atoms with Crippen LogP contribution in [0.15, 0.2) is 36.7 Å². The van der Waals surface area contributed by atoms with Crippen molar-refractivity contribution in [3.63, 3.8) is 0 Å². The molecule has 2 aromatic rings. The maximum atomic E-state index is 12.4. The van der Waals surface area contributed by atoms with Crippen LogP contribution in [0.5, 0.6) is 0 Å². The van der Waals surface area contributed by atoms with Crippen LogP contribution in [-0.4, -0.2) is 42.1 Å². The van der Waals surface area contributed by atoms with E-state index in [1.165, 1.54) is 25.7 Å². The first-order chi connectivity index (χ1) is 12.3. The minimum atomic E-state index is -0.179. The van der Waals surface area contributed by atoms with E-state index in [1.54, 1.807) is 6.20 Å². The van der Waals surface area contributed by atoms with E-state index >= 15 is 0 Å². The molecule has 6 nitrogen and oxygen atoms in total. The smallest absolute Gasteiger partial charge is 0.258 e. The van der Waals surface area contributed by atoms with Crippen molar-refractivity contribution >= 4 is 23.2 Å². The van der Waals surface area contributed by atoms with Crippen LogP contribution >= 0.6 is 0 Å². The van der Waals surface area contributed by atoms with Crippen molar-refractivity contribution < 1.29 is 4.79 Å². The molecule has 25 heavy (non-hydrogen) atoms. The third-order valence-electron chi connectivity index (χ3n) is 4.90. The molecular formula is C19H23N5O. The maximum absolute atomic E-state index is 12.4. The number of hydrogen-bond acceptors (Lipinski definition) is 5. The van der Waals surface area contributed by atoms with Crippen molar-refractivity contribution in [2.45, 2.75) is 25.7 Å². The molecule has 0 atom stereocenters. The standard InChI is InChI=1S/C19H23N5O/c25-19(15-5-8-18(21-13-15)24-11-3-4-12-24)22-17-7-6-16(14-20-17)23-9-1-2-10-23/h5-8,13-14H,1-4,9-12H2,(H,20,22,25). The molecule has 0 bridgehead atoms. The Kier molecular flexibility index (Phi) is 4.50. The zero-order chi connectivity index (χ0) is 17.1. The van der Waals surface area contributed by atoms with Crippen molar-refractivity contribution in [1.82, 2.24) is 9.97 Å². The average Bonchev–Trinajstić information content (AvgIpc) is 3.36. The summed E-state index contributed by atoms with van der Waals surface area (Å²) >= 11 is 0. The Morgan fingerprint density at radius 3 is 2.16 bits per heavy atom. The van der Waals surface area contributed by atoms with Gasteiger partial charge in [0.15, 0.2) is 0 Å². The highest BCUT2D eigenvalue weighted by molar-refractivity contribution is 6.03. The molecule has 0 aromatic carbocycles. The first-order valence-corrected chi connectivity index (χ1v) is 9.03. The molecule has 4 rings (SSSR count). The number of hydrogen-bond donors (Lipinski definition) is 1. The molecule has 130 valence electrons. The lowest BCUT2D eigenvalue weighted by molar-refractivity contribution is 0.102. The predicted molar refractivity (Wildman–Crippen MR) is 99.3 cm³/mol. The Morgan fingerprint density at radius 2 is 1.56 bits per heavy atom. The van der Waals surface area contributed by atoms with E-state index in [0.29, 0.717) is 11.4 Å². The summed E-state index contributed by atoms with van der Waals surface area (Å²) in [7, 11) is 0. The maximum Gasteiger partial charge on any atom is 0.258 e.